The van der Waals surface area contributed by atoms with Gasteiger partial charge in [-0.15, -0.1) is 0 Å². The first-order chi connectivity index (χ1) is 12.6. The number of nitrogens with one attached hydrogen (secondary N) is 1. The van der Waals surface area contributed by atoms with E-state index < -0.39 is 0 Å². The molecule has 1 aromatic carbocycles. The number of nitrogens with zero attached hydrogens (tertiary/aromatic N) is 3. The molecule has 0 bridgehead atoms. The average Bonchev–Trinajstić information content (AvgIpc) is 3.18. The molecule has 0 fully saturated rings. The Bertz CT molecular complexity index is 1130. The molecule has 4 aromatic rings. The lowest BCUT2D eigenvalue weighted by molar-refractivity contribution is 0.102. The highest BCUT2D eigenvalue weighted by Gasteiger charge is 2.19. The minimum atomic E-state index is -0.306. The molecule has 0 aliphatic rings. The number of pyridine rings is 1. The van der Waals surface area contributed by atoms with Crippen molar-refractivity contribution in [2.75, 3.05) is 5.32 Å². The lowest BCUT2D eigenvalue weighted by Gasteiger charge is -2.07. The van der Waals surface area contributed by atoms with Gasteiger partial charge in [-0.1, -0.05) is 24.3 Å². The number of benzene rings is 1. The summed E-state index contributed by atoms with van der Waals surface area (Å²) in [6.07, 6.45) is 3.63. The zero-order valence-corrected chi connectivity index (χ0v) is 14.5. The van der Waals surface area contributed by atoms with Crippen LogP contribution in [0.4, 0.5) is 5.69 Å². The Kier molecular flexibility index (Phi) is 3.73. The average molecular weight is 346 g/mol. The Morgan fingerprint density at radius 3 is 2.50 bits per heavy atom. The monoisotopic (exact) mass is 346 g/mol. The van der Waals surface area contributed by atoms with Crippen LogP contribution in [-0.2, 0) is 7.05 Å². The molecular formula is C20H18N4O2. The van der Waals surface area contributed by atoms with Gasteiger partial charge >= 0.3 is 0 Å². The quantitative estimate of drug-likeness (QED) is 0.620. The SMILES string of the molecule is Cc1c(NC(=O)c2cc3ccccn3c2)c(=O)n(-c2ccccc2)n1C. The Labute approximate surface area is 149 Å². The van der Waals surface area contributed by atoms with Gasteiger partial charge in [0.2, 0.25) is 0 Å². The molecule has 0 radical (unpaired) electrons. The van der Waals surface area contributed by atoms with Crippen LogP contribution in [0.25, 0.3) is 11.2 Å². The third-order valence-electron chi connectivity index (χ3n) is 4.56. The number of hydrogen-bond acceptors (Lipinski definition) is 2. The van der Waals surface area contributed by atoms with Gasteiger partial charge in [-0.3, -0.25) is 14.3 Å². The van der Waals surface area contributed by atoms with Gasteiger partial charge in [-0.25, -0.2) is 4.68 Å². The number of anilines is 1. The molecule has 0 unspecified atom stereocenters. The molecule has 0 spiro atoms. The lowest BCUT2D eigenvalue weighted by Crippen LogP contribution is -2.22. The van der Waals surface area contributed by atoms with Crippen LogP contribution in [0, 0.1) is 6.92 Å². The first kappa shape index (κ1) is 16.0. The van der Waals surface area contributed by atoms with E-state index in [-0.39, 0.29) is 17.2 Å². The molecule has 4 rings (SSSR count). The fourth-order valence-corrected chi connectivity index (χ4v) is 3.08. The number of amides is 1. The lowest BCUT2D eigenvalue weighted by atomic mass is 10.3. The topological polar surface area (TPSA) is 60.4 Å². The molecule has 6 heteroatoms. The summed E-state index contributed by atoms with van der Waals surface area (Å²) in [6.45, 7) is 1.81. The highest BCUT2D eigenvalue weighted by atomic mass is 16.2. The van der Waals surface area contributed by atoms with Gasteiger partial charge in [0.1, 0.15) is 5.69 Å². The van der Waals surface area contributed by atoms with Gasteiger partial charge in [-0.05, 0) is 37.3 Å². The van der Waals surface area contributed by atoms with Gasteiger partial charge in [-0.2, -0.15) is 0 Å². The molecule has 3 heterocycles. The standard InChI is InChI=1S/C20H18N4O2/c1-14-18(20(26)24(22(14)2)16-8-4-3-5-9-16)21-19(25)15-12-17-10-6-7-11-23(17)13-15/h3-13H,1-2H3,(H,21,25). The Hall–Kier alpha value is -3.54. The van der Waals surface area contributed by atoms with Crippen molar-refractivity contribution < 1.29 is 4.79 Å². The molecule has 1 amide bonds. The van der Waals surface area contributed by atoms with Crippen molar-refractivity contribution >= 4 is 17.1 Å². The van der Waals surface area contributed by atoms with Crippen LogP contribution >= 0.6 is 0 Å². The van der Waals surface area contributed by atoms with Gasteiger partial charge in [0.15, 0.2) is 0 Å². The van der Waals surface area contributed by atoms with Crippen LogP contribution in [0.1, 0.15) is 16.1 Å². The summed E-state index contributed by atoms with van der Waals surface area (Å²) in [4.78, 5) is 25.5. The number of fused-ring (bicyclic) bond motifs is 1. The Morgan fingerprint density at radius 2 is 1.77 bits per heavy atom. The largest absolute Gasteiger partial charge is 0.323 e. The van der Waals surface area contributed by atoms with Crippen molar-refractivity contribution in [1.82, 2.24) is 13.8 Å². The molecule has 26 heavy (non-hydrogen) atoms. The first-order valence-electron chi connectivity index (χ1n) is 8.28. The smallest absolute Gasteiger partial charge is 0.295 e. The van der Waals surface area contributed by atoms with Gasteiger partial charge in [0.25, 0.3) is 11.5 Å². The van der Waals surface area contributed by atoms with Crippen molar-refractivity contribution in [2.24, 2.45) is 7.05 Å². The van der Waals surface area contributed by atoms with E-state index in [1.54, 1.807) is 28.7 Å². The van der Waals surface area contributed by atoms with Gasteiger partial charge in [0, 0.05) is 25.0 Å². The third-order valence-corrected chi connectivity index (χ3v) is 4.56. The highest BCUT2D eigenvalue weighted by Crippen LogP contribution is 2.16. The fraction of sp³-hybridized carbons (Fsp3) is 0.100. The summed E-state index contributed by atoms with van der Waals surface area (Å²) >= 11 is 0. The molecule has 6 nitrogen and oxygen atoms in total. The molecule has 0 saturated carbocycles. The summed E-state index contributed by atoms with van der Waals surface area (Å²) in [5, 5.41) is 2.78. The van der Waals surface area contributed by atoms with Crippen LogP contribution in [-0.4, -0.2) is 19.7 Å². The number of aromatic nitrogens is 3. The first-order valence-corrected chi connectivity index (χ1v) is 8.28. The zero-order valence-electron chi connectivity index (χ0n) is 14.5. The second-order valence-electron chi connectivity index (χ2n) is 6.15. The molecule has 0 aliphatic heterocycles. The highest BCUT2D eigenvalue weighted by molar-refractivity contribution is 6.05. The van der Waals surface area contributed by atoms with Crippen molar-refractivity contribution in [2.45, 2.75) is 6.92 Å². The summed E-state index contributed by atoms with van der Waals surface area (Å²) in [7, 11) is 1.80. The van der Waals surface area contributed by atoms with Crippen LogP contribution in [0.2, 0.25) is 0 Å². The van der Waals surface area contributed by atoms with E-state index in [2.05, 4.69) is 5.32 Å². The third kappa shape index (κ3) is 2.52. The van der Waals surface area contributed by atoms with Crippen LogP contribution < -0.4 is 10.9 Å². The minimum absolute atomic E-state index is 0.256. The van der Waals surface area contributed by atoms with E-state index in [9.17, 15) is 9.59 Å². The van der Waals surface area contributed by atoms with E-state index in [1.165, 1.54) is 0 Å². The van der Waals surface area contributed by atoms with Crippen LogP contribution in [0.5, 0.6) is 0 Å². The van der Waals surface area contributed by atoms with Gasteiger partial charge < -0.3 is 9.72 Å². The molecule has 1 N–H and O–H groups in total. The minimum Gasteiger partial charge on any atom is -0.323 e. The molecule has 0 atom stereocenters. The van der Waals surface area contributed by atoms with Crippen LogP contribution in [0.3, 0.4) is 0 Å². The molecule has 0 saturated heterocycles. The maximum absolute atomic E-state index is 12.9. The summed E-state index contributed by atoms with van der Waals surface area (Å²) in [6, 6.07) is 16.9. The summed E-state index contributed by atoms with van der Waals surface area (Å²) < 4.78 is 5.15. The predicted octanol–water partition coefficient (Wildman–Crippen LogP) is 2.99. The number of para-hydroxylation sites is 1. The molecular weight excluding hydrogens is 328 g/mol. The van der Waals surface area contributed by atoms with Gasteiger partial charge in [0.05, 0.1) is 16.9 Å². The number of carbonyl (C=O) groups is 1. The summed E-state index contributed by atoms with van der Waals surface area (Å²) in [5.41, 5.74) is 2.90. The van der Waals surface area contributed by atoms with E-state index in [1.807, 2.05) is 66.1 Å². The van der Waals surface area contributed by atoms with Crippen LogP contribution in [0.15, 0.2) is 71.8 Å². The van der Waals surface area contributed by atoms with E-state index in [0.717, 1.165) is 11.2 Å². The number of hydrogen-bond donors (Lipinski definition) is 1. The van der Waals surface area contributed by atoms with Crippen molar-refractivity contribution in [3.63, 3.8) is 0 Å². The predicted molar refractivity (Wildman–Crippen MR) is 101 cm³/mol. The molecule has 3 aromatic heterocycles. The second-order valence-corrected chi connectivity index (χ2v) is 6.15. The normalized spacial score (nSPS) is 11.0. The fourth-order valence-electron chi connectivity index (χ4n) is 3.08. The second kappa shape index (κ2) is 6.07. The van der Waals surface area contributed by atoms with Crippen molar-refractivity contribution in [3.05, 3.63) is 88.6 Å². The summed E-state index contributed by atoms with van der Waals surface area (Å²) in [5.74, 6) is -0.306. The Morgan fingerprint density at radius 1 is 1.04 bits per heavy atom. The number of rotatable bonds is 3. The number of carbonyl (C=O) groups excluding carboxylic acids is 1. The van der Waals surface area contributed by atoms with E-state index in [0.29, 0.717) is 11.3 Å². The van der Waals surface area contributed by atoms with Crippen molar-refractivity contribution in [3.8, 4) is 5.69 Å². The zero-order chi connectivity index (χ0) is 18.3. The molecule has 0 aliphatic carbocycles. The van der Waals surface area contributed by atoms with Crippen molar-refractivity contribution in [1.29, 1.82) is 0 Å². The van der Waals surface area contributed by atoms with E-state index in [4.69, 9.17) is 0 Å². The molecule has 130 valence electrons. The maximum Gasteiger partial charge on any atom is 0.295 e. The van der Waals surface area contributed by atoms with E-state index >= 15 is 0 Å². The maximum atomic E-state index is 12.9. The Balaban J connectivity index is 1.72.